The lowest BCUT2D eigenvalue weighted by molar-refractivity contribution is 0.0997. The molecule has 3 rings (SSSR count). The van der Waals surface area contributed by atoms with E-state index in [1.165, 1.54) is 30.3 Å². The van der Waals surface area contributed by atoms with Crippen LogP contribution in [0.5, 0.6) is 0 Å². The zero-order chi connectivity index (χ0) is 16.4. The molecule has 0 aliphatic heterocycles. The number of rotatable bonds is 3. The van der Waals surface area contributed by atoms with Crippen LogP contribution >= 0.6 is 0 Å². The van der Waals surface area contributed by atoms with Crippen LogP contribution < -0.4 is 5.32 Å². The summed E-state index contributed by atoms with van der Waals surface area (Å²) in [7, 11) is 0. The molecule has 0 saturated heterocycles. The molecule has 1 amide bonds. The van der Waals surface area contributed by atoms with E-state index < -0.39 is 23.4 Å². The monoisotopic (exact) mass is 317 g/mol. The van der Waals surface area contributed by atoms with Crippen LogP contribution in [0.15, 0.2) is 59.0 Å². The maximum atomic E-state index is 13.7. The Morgan fingerprint density at radius 3 is 2.48 bits per heavy atom. The average molecular weight is 317 g/mol. The van der Waals surface area contributed by atoms with Gasteiger partial charge in [0.15, 0.2) is 5.76 Å². The Kier molecular flexibility index (Phi) is 3.89. The summed E-state index contributed by atoms with van der Waals surface area (Å²) in [4.78, 5) is 12.0. The molecule has 0 spiro atoms. The molecule has 0 atom stereocenters. The summed E-state index contributed by atoms with van der Waals surface area (Å²) in [5.74, 6) is -2.71. The van der Waals surface area contributed by atoms with Crippen molar-refractivity contribution in [1.82, 2.24) is 0 Å². The molecule has 23 heavy (non-hydrogen) atoms. The third-order valence-electron chi connectivity index (χ3n) is 3.15. The molecule has 0 radical (unpaired) electrons. The van der Waals surface area contributed by atoms with Gasteiger partial charge in [0.05, 0.1) is 11.3 Å². The number of hydrogen-bond acceptors (Lipinski definition) is 2. The van der Waals surface area contributed by atoms with Crippen LogP contribution in [0.1, 0.15) is 10.6 Å². The molecule has 6 heteroatoms. The molecule has 0 aliphatic rings. The van der Waals surface area contributed by atoms with E-state index in [1.807, 2.05) is 0 Å². The highest BCUT2D eigenvalue weighted by Crippen LogP contribution is 2.25. The number of carbonyl (C=O) groups excluding carboxylic acids is 1. The van der Waals surface area contributed by atoms with Crippen LogP contribution in [0, 0.1) is 17.5 Å². The molecule has 1 N–H and O–H groups in total. The second-order valence-electron chi connectivity index (χ2n) is 4.72. The minimum absolute atomic E-state index is 0.146. The summed E-state index contributed by atoms with van der Waals surface area (Å²) in [6.07, 6.45) is 0. The number of halogens is 3. The number of carbonyl (C=O) groups is 1. The van der Waals surface area contributed by atoms with Gasteiger partial charge in [0.1, 0.15) is 23.2 Å². The zero-order valence-electron chi connectivity index (χ0n) is 11.6. The third-order valence-corrected chi connectivity index (χ3v) is 3.15. The number of benzene rings is 2. The number of anilines is 1. The van der Waals surface area contributed by atoms with Crippen LogP contribution in [0.25, 0.3) is 11.3 Å². The lowest BCUT2D eigenvalue weighted by Gasteiger charge is -2.04. The Labute approximate surface area is 129 Å². The van der Waals surface area contributed by atoms with Crippen LogP contribution in [0.2, 0.25) is 0 Å². The van der Waals surface area contributed by atoms with Crippen LogP contribution in [0.3, 0.4) is 0 Å². The maximum absolute atomic E-state index is 13.7. The van der Waals surface area contributed by atoms with Gasteiger partial charge >= 0.3 is 0 Å². The van der Waals surface area contributed by atoms with E-state index in [4.69, 9.17) is 4.42 Å². The molecular formula is C17H10F3NO2. The summed E-state index contributed by atoms with van der Waals surface area (Å²) in [6, 6.07) is 11.4. The van der Waals surface area contributed by atoms with Gasteiger partial charge in [-0.1, -0.05) is 12.1 Å². The summed E-state index contributed by atoms with van der Waals surface area (Å²) in [6.45, 7) is 0. The minimum Gasteiger partial charge on any atom is -0.451 e. The molecular weight excluding hydrogens is 307 g/mol. The molecule has 0 unspecified atom stereocenters. The molecule has 0 aliphatic carbocycles. The highest BCUT2D eigenvalue weighted by Gasteiger charge is 2.16. The van der Waals surface area contributed by atoms with Crippen molar-refractivity contribution < 1.29 is 22.4 Å². The topological polar surface area (TPSA) is 42.2 Å². The summed E-state index contributed by atoms with van der Waals surface area (Å²) >= 11 is 0. The Balaban J connectivity index is 1.84. The first-order valence-electron chi connectivity index (χ1n) is 6.66. The molecule has 2 aromatic carbocycles. The molecule has 0 fully saturated rings. The van der Waals surface area contributed by atoms with Gasteiger partial charge in [0.25, 0.3) is 5.91 Å². The Morgan fingerprint density at radius 1 is 0.913 bits per heavy atom. The van der Waals surface area contributed by atoms with Gasteiger partial charge in [0, 0.05) is 6.07 Å². The van der Waals surface area contributed by atoms with Crippen molar-refractivity contribution in [3.63, 3.8) is 0 Å². The Bertz CT molecular complexity index is 874. The maximum Gasteiger partial charge on any atom is 0.291 e. The quantitative estimate of drug-likeness (QED) is 0.766. The van der Waals surface area contributed by atoms with Crippen LogP contribution in [0.4, 0.5) is 18.9 Å². The van der Waals surface area contributed by atoms with Gasteiger partial charge in [-0.25, -0.2) is 13.2 Å². The van der Waals surface area contributed by atoms with Gasteiger partial charge in [-0.15, -0.1) is 0 Å². The zero-order valence-corrected chi connectivity index (χ0v) is 11.6. The number of nitrogens with one attached hydrogen (secondary N) is 1. The Morgan fingerprint density at radius 2 is 1.70 bits per heavy atom. The van der Waals surface area contributed by atoms with Crippen molar-refractivity contribution in [1.29, 1.82) is 0 Å². The van der Waals surface area contributed by atoms with Crippen molar-refractivity contribution >= 4 is 11.6 Å². The largest absolute Gasteiger partial charge is 0.451 e. The molecule has 1 heterocycles. The smallest absolute Gasteiger partial charge is 0.291 e. The number of furan rings is 1. The predicted octanol–water partition coefficient (Wildman–Crippen LogP) is 4.62. The van der Waals surface area contributed by atoms with Gasteiger partial charge in [-0.05, 0) is 36.4 Å². The molecule has 3 aromatic rings. The fourth-order valence-electron chi connectivity index (χ4n) is 2.04. The summed E-state index contributed by atoms with van der Waals surface area (Å²) in [5.41, 5.74) is -0.109. The number of amides is 1. The van der Waals surface area contributed by atoms with Gasteiger partial charge in [-0.3, -0.25) is 4.79 Å². The highest BCUT2D eigenvalue weighted by molar-refractivity contribution is 6.02. The summed E-state index contributed by atoms with van der Waals surface area (Å²) < 4.78 is 45.6. The van der Waals surface area contributed by atoms with E-state index in [0.29, 0.717) is 0 Å². The molecule has 0 bridgehead atoms. The van der Waals surface area contributed by atoms with Crippen molar-refractivity contribution in [2.75, 3.05) is 5.32 Å². The molecule has 0 saturated carbocycles. The average Bonchev–Trinajstić information content (AvgIpc) is 3.01. The van der Waals surface area contributed by atoms with E-state index in [0.717, 1.165) is 18.2 Å². The van der Waals surface area contributed by atoms with Crippen molar-refractivity contribution in [2.45, 2.75) is 0 Å². The normalized spacial score (nSPS) is 10.6. The van der Waals surface area contributed by atoms with E-state index in [2.05, 4.69) is 5.32 Å². The summed E-state index contributed by atoms with van der Waals surface area (Å²) in [5, 5.41) is 2.21. The SMILES string of the molecule is O=C(Nc1cc(F)ccc1F)c1ccc(-c2ccccc2F)o1. The Hall–Kier alpha value is -3.02. The van der Waals surface area contributed by atoms with E-state index >= 15 is 0 Å². The lowest BCUT2D eigenvalue weighted by atomic mass is 10.1. The molecule has 116 valence electrons. The second-order valence-corrected chi connectivity index (χ2v) is 4.72. The fraction of sp³-hybridized carbons (Fsp3) is 0. The van der Waals surface area contributed by atoms with Crippen LogP contribution in [-0.4, -0.2) is 5.91 Å². The lowest BCUT2D eigenvalue weighted by Crippen LogP contribution is -2.12. The first-order chi connectivity index (χ1) is 11.0. The minimum atomic E-state index is -0.777. The molecule has 3 nitrogen and oxygen atoms in total. The third kappa shape index (κ3) is 3.11. The van der Waals surface area contributed by atoms with E-state index in [-0.39, 0.29) is 22.8 Å². The second kappa shape index (κ2) is 6.00. The van der Waals surface area contributed by atoms with Gasteiger partial charge < -0.3 is 9.73 Å². The van der Waals surface area contributed by atoms with Crippen molar-refractivity contribution in [3.8, 4) is 11.3 Å². The van der Waals surface area contributed by atoms with Gasteiger partial charge in [0.2, 0.25) is 0 Å². The van der Waals surface area contributed by atoms with Crippen molar-refractivity contribution in [2.24, 2.45) is 0 Å². The first kappa shape index (κ1) is 14.9. The first-order valence-corrected chi connectivity index (χ1v) is 6.66. The van der Waals surface area contributed by atoms with Crippen LogP contribution in [-0.2, 0) is 0 Å². The fourth-order valence-corrected chi connectivity index (χ4v) is 2.04. The van der Waals surface area contributed by atoms with Gasteiger partial charge in [-0.2, -0.15) is 0 Å². The number of hydrogen-bond donors (Lipinski definition) is 1. The van der Waals surface area contributed by atoms with Crippen molar-refractivity contribution in [3.05, 3.63) is 77.8 Å². The predicted molar refractivity (Wildman–Crippen MR) is 78.4 cm³/mol. The standard InChI is InChI=1S/C17H10F3NO2/c18-10-5-6-13(20)14(9-10)21-17(22)16-8-7-15(23-16)11-3-1-2-4-12(11)19/h1-9H,(H,21,22). The molecule has 1 aromatic heterocycles. The van der Waals surface area contributed by atoms with E-state index in [1.54, 1.807) is 6.07 Å². The highest BCUT2D eigenvalue weighted by atomic mass is 19.1. The van der Waals surface area contributed by atoms with E-state index in [9.17, 15) is 18.0 Å².